The summed E-state index contributed by atoms with van der Waals surface area (Å²) in [6, 6.07) is -0.496. The fourth-order valence-corrected chi connectivity index (χ4v) is 1.52. The lowest BCUT2D eigenvalue weighted by molar-refractivity contribution is -0.126. The molecule has 0 aliphatic rings. The molecule has 0 saturated carbocycles. The second kappa shape index (κ2) is 6.61. The average Bonchev–Trinajstić information content (AvgIpc) is 2.21. The summed E-state index contributed by atoms with van der Waals surface area (Å²) in [4.78, 5) is 25.1. The molecule has 0 aromatic heterocycles. The van der Waals surface area contributed by atoms with Crippen molar-refractivity contribution in [3.63, 3.8) is 0 Å². The molecule has 0 fully saturated rings. The smallest absolute Gasteiger partial charge is 0.410 e. The lowest BCUT2D eigenvalue weighted by Gasteiger charge is -2.30. The second-order valence-electron chi connectivity index (χ2n) is 5.85. The fraction of sp³-hybridized carbons (Fsp3) is 0.846. The molecule has 2 amide bonds. The van der Waals surface area contributed by atoms with E-state index < -0.39 is 17.7 Å². The highest BCUT2D eigenvalue weighted by atomic mass is 16.6. The highest BCUT2D eigenvalue weighted by Gasteiger charge is 2.30. The van der Waals surface area contributed by atoms with Gasteiger partial charge in [0.15, 0.2) is 0 Å². The molecule has 1 unspecified atom stereocenters. The third-order valence-corrected chi connectivity index (χ3v) is 2.39. The number of nitrogens with one attached hydrogen (secondary N) is 1. The van der Waals surface area contributed by atoms with Crippen LogP contribution in [0, 0.1) is 5.92 Å². The molecule has 18 heavy (non-hydrogen) atoms. The molecule has 5 nitrogen and oxygen atoms in total. The Bertz CT molecular complexity index is 295. The summed E-state index contributed by atoms with van der Waals surface area (Å²) < 4.78 is 5.26. The van der Waals surface area contributed by atoms with E-state index in [0.29, 0.717) is 12.3 Å². The first-order chi connectivity index (χ1) is 8.08. The van der Waals surface area contributed by atoms with Gasteiger partial charge in [-0.1, -0.05) is 13.8 Å². The maximum Gasteiger partial charge on any atom is 0.410 e. The predicted octanol–water partition coefficient (Wildman–Crippen LogP) is 2.01. The molecular weight excluding hydrogens is 232 g/mol. The van der Waals surface area contributed by atoms with Crippen molar-refractivity contribution in [2.45, 2.75) is 52.7 Å². The maximum absolute atomic E-state index is 11.9. The summed E-state index contributed by atoms with van der Waals surface area (Å²) in [7, 11) is 3.16. The van der Waals surface area contributed by atoms with Gasteiger partial charge in [0.1, 0.15) is 11.6 Å². The van der Waals surface area contributed by atoms with Gasteiger partial charge in [0, 0.05) is 14.1 Å². The molecule has 106 valence electrons. The van der Waals surface area contributed by atoms with Crippen LogP contribution < -0.4 is 5.32 Å². The third kappa shape index (κ3) is 5.89. The van der Waals surface area contributed by atoms with E-state index in [-0.39, 0.29) is 5.91 Å². The zero-order valence-corrected chi connectivity index (χ0v) is 12.5. The Morgan fingerprint density at radius 3 is 2.11 bits per heavy atom. The number of carbonyl (C=O) groups is 2. The van der Waals surface area contributed by atoms with Crippen molar-refractivity contribution >= 4 is 12.0 Å². The van der Waals surface area contributed by atoms with Gasteiger partial charge in [-0.15, -0.1) is 0 Å². The van der Waals surface area contributed by atoms with Gasteiger partial charge in [-0.25, -0.2) is 4.79 Å². The molecule has 0 heterocycles. The Morgan fingerprint density at radius 2 is 1.78 bits per heavy atom. The van der Waals surface area contributed by atoms with Crippen LogP contribution in [-0.4, -0.2) is 42.6 Å². The third-order valence-electron chi connectivity index (χ3n) is 2.39. The Labute approximate surface area is 110 Å². The average molecular weight is 258 g/mol. The highest BCUT2D eigenvalue weighted by molar-refractivity contribution is 5.85. The molecule has 0 saturated heterocycles. The van der Waals surface area contributed by atoms with Gasteiger partial charge in [-0.3, -0.25) is 9.69 Å². The predicted molar refractivity (Wildman–Crippen MR) is 71.3 cm³/mol. The molecule has 0 rings (SSSR count). The zero-order valence-electron chi connectivity index (χ0n) is 12.5. The normalized spacial score (nSPS) is 13.1. The first-order valence-electron chi connectivity index (χ1n) is 6.26. The minimum atomic E-state index is -0.559. The first-order valence-corrected chi connectivity index (χ1v) is 6.26. The highest BCUT2D eigenvalue weighted by Crippen LogP contribution is 2.15. The van der Waals surface area contributed by atoms with Crippen LogP contribution in [0.2, 0.25) is 0 Å². The Morgan fingerprint density at radius 1 is 1.28 bits per heavy atom. The summed E-state index contributed by atoms with van der Waals surface area (Å²) in [5.41, 5.74) is -0.559. The fourth-order valence-electron chi connectivity index (χ4n) is 1.52. The van der Waals surface area contributed by atoms with Crippen LogP contribution in [0.25, 0.3) is 0 Å². The number of ether oxygens (including phenoxy) is 1. The van der Waals surface area contributed by atoms with Crippen molar-refractivity contribution in [1.82, 2.24) is 10.2 Å². The number of nitrogens with zero attached hydrogens (tertiary/aromatic N) is 1. The summed E-state index contributed by atoms with van der Waals surface area (Å²) in [6.45, 7) is 9.43. The van der Waals surface area contributed by atoms with Crippen LogP contribution >= 0.6 is 0 Å². The van der Waals surface area contributed by atoms with E-state index in [1.807, 2.05) is 13.8 Å². The van der Waals surface area contributed by atoms with Crippen molar-refractivity contribution in [3.05, 3.63) is 0 Å². The van der Waals surface area contributed by atoms with E-state index >= 15 is 0 Å². The van der Waals surface area contributed by atoms with Crippen molar-refractivity contribution < 1.29 is 14.3 Å². The molecule has 0 aromatic rings. The van der Waals surface area contributed by atoms with Crippen LogP contribution in [0.5, 0.6) is 0 Å². The molecule has 0 bridgehead atoms. The van der Waals surface area contributed by atoms with Crippen molar-refractivity contribution in [2.75, 3.05) is 14.1 Å². The molecule has 0 radical (unpaired) electrons. The number of likely N-dealkylation sites (N-methyl/N-ethyl adjacent to an activating group) is 2. The number of carbonyl (C=O) groups excluding carboxylic acids is 2. The van der Waals surface area contributed by atoms with Gasteiger partial charge in [-0.2, -0.15) is 0 Å². The summed E-state index contributed by atoms with van der Waals surface area (Å²) in [5, 5.41) is 2.58. The van der Waals surface area contributed by atoms with E-state index in [9.17, 15) is 9.59 Å². The first kappa shape index (κ1) is 16.7. The van der Waals surface area contributed by atoms with Gasteiger partial charge in [0.05, 0.1) is 0 Å². The Balaban J connectivity index is 4.79. The van der Waals surface area contributed by atoms with Crippen LogP contribution in [0.1, 0.15) is 41.0 Å². The molecule has 0 aliphatic carbocycles. The topological polar surface area (TPSA) is 58.6 Å². The largest absolute Gasteiger partial charge is 0.444 e. The van der Waals surface area contributed by atoms with Gasteiger partial charge >= 0.3 is 6.09 Å². The minimum absolute atomic E-state index is 0.169. The Hall–Kier alpha value is -1.26. The number of hydrogen-bond donors (Lipinski definition) is 1. The molecule has 0 aliphatic heterocycles. The molecule has 0 aromatic carbocycles. The standard InChI is InChI=1S/C13H26N2O3/c1-9(2)8-10(11(16)14-6)15(7)12(17)18-13(3,4)5/h9-10H,8H2,1-7H3,(H,14,16). The summed E-state index contributed by atoms with van der Waals surface area (Å²) in [6.07, 6.45) is 0.131. The van der Waals surface area contributed by atoms with Crippen LogP contribution in [0.15, 0.2) is 0 Å². The van der Waals surface area contributed by atoms with E-state index in [0.717, 1.165) is 0 Å². The quantitative estimate of drug-likeness (QED) is 0.839. The second-order valence-corrected chi connectivity index (χ2v) is 5.85. The minimum Gasteiger partial charge on any atom is -0.444 e. The van der Waals surface area contributed by atoms with E-state index in [1.165, 1.54) is 4.90 Å². The Kier molecular flexibility index (Phi) is 6.15. The van der Waals surface area contributed by atoms with Crippen molar-refractivity contribution in [2.24, 2.45) is 5.92 Å². The van der Waals surface area contributed by atoms with Crippen LogP contribution in [0.4, 0.5) is 4.79 Å². The molecule has 1 N–H and O–H groups in total. The SMILES string of the molecule is CNC(=O)C(CC(C)C)N(C)C(=O)OC(C)(C)C. The number of amides is 2. The van der Waals surface area contributed by atoms with Crippen LogP contribution in [0.3, 0.4) is 0 Å². The maximum atomic E-state index is 11.9. The molecule has 1 atom stereocenters. The van der Waals surface area contributed by atoms with Gasteiger partial charge < -0.3 is 10.1 Å². The summed E-state index contributed by atoms with van der Waals surface area (Å²) >= 11 is 0. The van der Waals surface area contributed by atoms with Gasteiger partial charge in [0.2, 0.25) is 5.91 Å². The lowest BCUT2D eigenvalue weighted by Crippen LogP contribution is -2.48. The van der Waals surface area contributed by atoms with Crippen molar-refractivity contribution in [3.8, 4) is 0 Å². The zero-order chi connectivity index (χ0) is 14.5. The molecule has 0 spiro atoms. The summed E-state index contributed by atoms with van der Waals surface area (Å²) in [5.74, 6) is 0.147. The van der Waals surface area contributed by atoms with Crippen molar-refractivity contribution in [1.29, 1.82) is 0 Å². The molecular formula is C13H26N2O3. The van der Waals surface area contributed by atoms with E-state index in [2.05, 4.69) is 5.32 Å². The molecule has 5 heteroatoms. The number of rotatable bonds is 4. The van der Waals surface area contributed by atoms with Crippen LogP contribution in [-0.2, 0) is 9.53 Å². The van der Waals surface area contributed by atoms with Gasteiger partial charge in [-0.05, 0) is 33.1 Å². The van der Waals surface area contributed by atoms with E-state index in [4.69, 9.17) is 4.74 Å². The lowest BCUT2D eigenvalue weighted by atomic mass is 10.0. The number of hydrogen-bond acceptors (Lipinski definition) is 3. The van der Waals surface area contributed by atoms with E-state index in [1.54, 1.807) is 34.9 Å². The monoisotopic (exact) mass is 258 g/mol. The van der Waals surface area contributed by atoms with Gasteiger partial charge in [0.25, 0.3) is 0 Å².